The molecule has 0 atom stereocenters. The summed E-state index contributed by atoms with van der Waals surface area (Å²) >= 11 is 1.37. The second-order valence-corrected chi connectivity index (χ2v) is 5.76. The number of aromatic nitrogens is 3. The average molecular weight is 287 g/mol. The summed E-state index contributed by atoms with van der Waals surface area (Å²) in [7, 11) is 0. The molecule has 0 spiro atoms. The molecule has 0 aliphatic carbocycles. The van der Waals surface area contributed by atoms with Gasteiger partial charge in [-0.15, -0.1) is 0 Å². The molecule has 3 aromatic rings. The van der Waals surface area contributed by atoms with Gasteiger partial charge < -0.3 is 5.11 Å². The Balaban J connectivity index is 2.23. The largest absolute Gasteiger partial charge is 0.481 e. The van der Waals surface area contributed by atoms with Crippen LogP contribution in [0.3, 0.4) is 0 Å². The predicted octanol–water partition coefficient (Wildman–Crippen LogP) is 2.70. The molecule has 1 N–H and O–H groups in total. The minimum Gasteiger partial charge on any atom is -0.481 e. The number of aryl methyl sites for hydroxylation is 2. The number of rotatable bonds is 3. The first-order valence-electron chi connectivity index (χ1n) is 6.17. The number of nitrogens with zero attached hydrogens (tertiary/aromatic N) is 3. The molecular formula is C14H13N3O2S. The van der Waals surface area contributed by atoms with Crippen LogP contribution in [0.5, 0.6) is 0 Å². The number of carboxylic acid groups (broad SMARTS) is 1. The average Bonchev–Trinajstić information content (AvgIpc) is 2.92. The lowest BCUT2D eigenvalue weighted by molar-refractivity contribution is -0.136. The summed E-state index contributed by atoms with van der Waals surface area (Å²) in [6.45, 7) is 4.09. The smallest absolute Gasteiger partial charge is 0.308 e. The van der Waals surface area contributed by atoms with Crippen molar-refractivity contribution in [3.63, 3.8) is 0 Å². The van der Waals surface area contributed by atoms with Crippen LogP contribution in [0.25, 0.3) is 16.2 Å². The lowest BCUT2D eigenvalue weighted by Gasteiger charge is -2.06. The normalized spacial score (nSPS) is 11.1. The quantitative estimate of drug-likeness (QED) is 0.804. The maximum absolute atomic E-state index is 11.0. The molecule has 0 bridgehead atoms. The van der Waals surface area contributed by atoms with Gasteiger partial charge in [-0.05, 0) is 31.0 Å². The Morgan fingerprint density at radius 2 is 2.15 bits per heavy atom. The van der Waals surface area contributed by atoms with Crippen molar-refractivity contribution in [3.05, 3.63) is 40.5 Å². The van der Waals surface area contributed by atoms with E-state index in [9.17, 15) is 4.79 Å². The summed E-state index contributed by atoms with van der Waals surface area (Å²) < 4.78 is 1.72. The molecule has 0 aliphatic heterocycles. The molecule has 0 fully saturated rings. The summed E-state index contributed by atoms with van der Waals surface area (Å²) in [4.78, 5) is 16.7. The number of thiazole rings is 1. The second kappa shape index (κ2) is 4.72. The standard InChI is InChI=1S/C14H13N3O2S/c1-8-3-4-10(5-9(8)2)13-11(6-12(18)19)20-14-15-7-16-17(13)14/h3-5,7H,6H2,1-2H3,(H,18,19). The molecule has 0 aliphatic rings. The van der Waals surface area contributed by atoms with Gasteiger partial charge in [0.25, 0.3) is 0 Å². The van der Waals surface area contributed by atoms with Gasteiger partial charge in [0.05, 0.1) is 12.1 Å². The van der Waals surface area contributed by atoms with Gasteiger partial charge in [0.1, 0.15) is 6.33 Å². The van der Waals surface area contributed by atoms with Crippen LogP contribution >= 0.6 is 11.3 Å². The summed E-state index contributed by atoms with van der Waals surface area (Å²) in [5, 5.41) is 13.3. The van der Waals surface area contributed by atoms with Crippen molar-refractivity contribution < 1.29 is 9.90 Å². The molecule has 0 amide bonds. The first-order valence-corrected chi connectivity index (χ1v) is 6.98. The van der Waals surface area contributed by atoms with E-state index in [2.05, 4.69) is 23.1 Å². The molecule has 1 aromatic carbocycles. The van der Waals surface area contributed by atoms with Gasteiger partial charge in [-0.3, -0.25) is 4.79 Å². The highest BCUT2D eigenvalue weighted by Gasteiger charge is 2.18. The Morgan fingerprint density at radius 1 is 1.35 bits per heavy atom. The zero-order valence-corrected chi connectivity index (χ0v) is 11.9. The molecule has 3 rings (SSSR count). The highest BCUT2D eigenvalue weighted by Crippen LogP contribution is 2.32. The zero-order valence-electron chi connectivity index (χ0n) is 11.1. The zero-order chi connectivity index (χ0) is 14.3. The van der Waals surface area contributed by atoms with Crippen molar-refractivity contribution >= 4 is 22.3 Å². The number of fused-ring (bicyclic) bond motifs is 1. The molecule has 20 heavy (non-hydrogen) atoms. The minimum absolute atomic E-state index is 0.0159. The van der Waals surface area contributed by atoms with Crippen molar-refractivity contribution in [2.45, 2.75) is 20.3 Å². The summed E-state index contributed by atoms with van der Waals surface area (Å²) in [5.41, 5.74) is 4.18. The molecule has 0 saturated carbocycles. The van der Waals surface area contributed by atoms with Crippen molar-refractivity contribution in [3.8, 4) is 11.3 Å². The highest BCUT2D eigenvalue weighted by molar-refractivity contribution is 7.17. The molecular weight excluding hydrogens is 274 g/mol. The SMILES string of the molecule is Cc1ccc(-c2c(CC(=O)O)sc3ncnn23)cc1C. The first-order chi connectivity index (χ1) is 9.56. The van der Waals surface area contributed by atoms with Crippen LogP contribution in [0.1, 0.15) is 16.0 Å². The number of hydrogen-bond acceptors (Lipinski definition) is 4. The number of hydrogen-bond donors (Lipinski definition) is 1. The van der Waals surface area contributed by atoms with Crippen molar-refractivity contribution in [2.75, 3.05) is 0 Å². The van der Waals surface area contributed by atoms with Gasteiger partial charge in [0, 0.05) is 10.4 Å². The fraction of sp³-hybridized carbons (Fsp3) is 0.214. The molecule has 5 nitrogen and oxygen atoms in total. The van der Waals surface area contributed by atoms with E-state index in [1.54, 1.807) is 4.52 Å². The van der Waals surface area contributed by atoms with Crippen LogP contribution in [-0.2, 0) is 11.2 Å². The van der Waals surface area contributed by atoms with Crippen molar-refractivity contribution in [1.29, 1.82) is 0 Å². The van der Waals surface area contributed by atoms with E-state index in [4.69, 9.17) is 5.11 Å². The van der Waals surface area contributed by atoms with E-state index in [1.165, 1.54) is 28.8 Å². The third-order valence-electron chi connectivity index (χ3n) is 3.30. The third-order valence-corrected chi connectivity index (χ3v) is 4.34. The Kier molecular flexibility index (Phi) is 3.02. The Morgan fingerprint density at radius 3 is 2.85 bits per heavy atom. The molecule has 0 radical (unpaired) electrons. The summed E-state index contributed by atoms with van der Waals surface area (Å²) in [6.07, 6.45) is 1.47. The minimum atomic E-state index is -0.848. The molecule has 2 heterocycles. The van der Waals surface area contributed by atoms with E-state index in [0.29, 0.717) is 0 Å². The number of benzene rings is 1. The van der Waals surface area contributed by atoms with E-state index >= 15 is 0 Å². The maximum atomic E-state index is 11.0. The number of aliphatic carboxylic acids is 1. The van der Waals surface area contributed by atoms with Gasteiger partial charge in [-0.1, -0.05) is 23.5 Å². The molecule has 102 valence electrons. The predicted molar refractivity (Wildman–Crippen MR) is 77.1 cm³/mol. The van der Waals surface area contributed by atoms with Gasteiger partial charge in [-0.2, -0.15) is 5.10 Å². The van der Waals surface area contributed by atoms with Crippen LogP contribution in [0.4, 0.5) is 0 Å². The van der Waals surface area contributed by atoms with Gasteiger partial charge in [0.15, 0.2) is 0 Å². The summed E-state index contributed by atoms with van der Waals surface area (Å²) in [6, 6.07) is 6.09. The number of carboxylic acids is 1. The maximum Gasteiger partial charge on any atom is 0.308 e. The fourth-order valence-electron chi connectivity index (χ4n) is 2.16. The van der Waals surface area contributed by atoms with Gasteiger partial charge in [0.2, 0.25) is 4.96 Å². The fourth-order valence-corrected chi connectivity index (χ4v) is 3.20. The van der Waals surface area contributed by atoms with Crippen LogP contribution in [-0.4, -0.2) is 25.7 Å². The van der Waals surface area contributed by atoms with Gasteiger partial charge >= 0.3 is 5.97 Å². The summed E-state index contributed by atoms with van der Waals surface area (Å²) in [5.74, 6) is -0.848. The molecule has 0 unspecified atom stereocenters. The van der Waals surface area contributed by atoms with E-state index in [1.807, 2.05) is 19.1 Å². The van der Waals surface area contributed by atoms with Crippen LogP contribution < -0.4 is 0 Å². The second-order valence-electron chi connectivity index (χ2n) is 4.70. The monoisotopic (exact) mass is 287 g/mol. The van der Waals surface area contributed by atoms with Gasteiger partial charge in [-0.25, -0.2) is 9.50 Å². The van der Waals surface area contributed by atoms with E-state index in [0.717, 1.165) is 21.1 Å². The van der Waals surface area contributed by atoms with Crippen LogP contribution in [0.2, 0.25) is 0 Å². The van der Waals surface area contributed by atoms with Crippen LogP contribution in [0, 0.1) is 13.8 Å². The van der Waals surface area contributed by atoms with Crippen LogP contribution in [0.15, 0.2) is 24.5 Å². The lowest BCUT2D eigenvalue weighted by atomic mass is 10.0. The number of carbonyl (C=O) groups is 1. The Hall–Kier alpha value is -2.21. The topological polar surface area (TPSA) is 67.5 Å². The molecule has 2 aromatic heterocycles. The van der Waals surface area contributed by atoms with E-state index < -0.39 is 5.97 Å². The molecule has 6 heteroatoms. The lowest BCUT2D eigenvalue weighted by Crippen LogP contribution is -2.01. The third kappa shape index (κ3) is 2.08. The highest BCUT2D eigenvalue weighted by atomic mass is 32.1. The first kappa shape index (κ1) is 12.8. The molecule has 0 saturated heterocycles. The van der Waals surface area contributed by atoms with E-state index in [-0.39, 0.29) is 6.42 Å². The Bertz CT molecular complexity index is 804. The Labute approximate surface area is 119 Å². The van der Waals surface area contributed by atoms with Crippen molar-refractivity contribution in [1.82, 2.24) is 14.6 Å². The van der Waals surface area contributed by atoms with Crippen molar-refractivity contribution in [2.24, 2.45) is 0 Å².